The first-order chi connectivity index (χ1) is 9.70. The number of aryl methyl sites for hydroxylation is 2. The molecule has 1 saturated heterocycles. The van der Waals surface area contributed by atoms with Crippen molar-refractivity contribution < 1.29 is 4.79 Å². The molecule has 0 spiro atoms. The van der Waals surface area contributed by atoms with Gasteiger partial charge in [-0.25, -0.2) is 0 Å². The number of nitrogens with zero attached hydrogens (tertiary/aromatic N) is 3. The maximum Gasteiger partial charge on any atom is 0.222 e. The smallest absolute Gasteiger partial charge is 0.222 e. The van der Waals surface area contributed by atoms with Crippen molar-refractivity contribution in [3.63, 3.8) is 0 Å². The van der Waals surface area contributed by atoms with Crippen molar-refractivity contribution in [2.45, 2.75) is 19.8 Å². The lowest BCUT2D eigenvalue weighted by Gasteiger charge is -2.33. The average molecular weight is 271 g/mol. The molecule has 20 heavy (non-hydrogen) atoms. The lowest BCUT2D eigenvalue weighted by atomic mass is 10.0. The third kappa shape index (κ3) is 3.82. The molecule has 0 atom stereocenters. The lowest BCUT2D eigenvalue weighted by molar-refractivity contribution is -0.132. The Morgan fingerprint density at radius 1 is 1.25 bits per heavy atom. The molecule has 0 N–H and O–H groups in total. The average Bonchev–Trinajstić information content (AvgIpc) is 2.47. The molecule has 0 aliphatic carbocycles. The zero-order valence-electron chi connectivity index (χ0n) is 12.0. The summed E-state index contributed by atoms with van der Waals surface area (Å²) in [6.45, 7) is 5.65. The fourth-order valence-electron chi connectivity index (χ4n) is 2.55. The van der Waals surface area contributed by atoms with Gasteiger partial charge in [0.1, 0.15) is 0 Å². The van der Waals surface area contributed by atoms with Crippen LogP contribution in [0.5, 0.6) is 0 Å². The quantitative estimate of drug-likeness (QED) is 0.781. The van der Waals surface area contributed by atoms with Crippen LogP contribution in [-0.4, -0.2) is 48.4 Å². The van der Waals surface area contributed by atoms with Gasteiger partial charge in [0.15, 0.2) is 0 Å². The van der Waals surface area contributed by atoms with Gasteiger partial charge in [-0.2, -0.15) is 5.26 Å². The first-order valence-corrected chi connectivity index (χ1v) is 7.12. The van der Waals surface area contributed by atoms with Gasteiger partial charge in [-0.15, -0.1) is 0 Å². The lowest BCUT2D eigenvalue weighted by Crippen LogP contribution is -2.48. The predicted octanol–water partition coefficient (Wildman–Crippen LogP) is 1.60. The highest BCUT2D eigenvalue weighted by Gasteiger charge is 2.20. The van der Waals surface area contributed by atoms with Crippen LogP contribution in [0.3, 0.4) is 0 Å². The minimum Gasteiger partial charge on any atom is -0.340 e. The van der Waals surface area contributed by atoms with Gasteiger partial charge in [0.05, 0.1) is 12.6 Å². The van der Waals surface area contributed by atoms with Crippen LogP contribution in [0, 0.1) is 18.3 Å². The van der Waals surface area contributed by atoms with E-state index in [-0.39, 0.29) is 5.91 Å². The predicted molar refractivity (Wildman–Crippen MR) is 78.1 cm³/mol. The second-order valence-electron chi connectivity index (χ2n) is 5.24. The number of benzene rings is 1. The summed E-state index contributed by atoms with van der Waals surface area (Å²) in [6.07, 6.45) is 1.38. The van der Waals surface area contributed by atoms with Gasteiger partial charge in [-0.1, -0.05) is 24.3 Å². The van der Waals surface area contributed by atoms with Crippen LogP contribution < -0.4 is 0 Å². The molecular weight excluding hydrogens is 250 g/mol. The third-order valence-electron chi connectivity index (χ3n) is 3.89. The Morgan fingerprint density at radius 2 is 1.95 bits per heavy atom. The fourth-order valence-corrected chi connectivity index (χ4v) is 2.55. The van der Waals surface area contributed by atoms with Crippen molar-refractivity contribution >= 4 is 5.91 Å². The molecule has 1 aliphatic rings. The molecule has 2 rings (SSSR count). The van der Waals surface area contributed by atoms with Crippen molar-refractivity contribution in [2.75, 3.05) is 32.7 Å². The number of piperazine rings is 1. The number of carbonyl (C=O) groups is 1. The van der Waals surface area contributed by atoms with Crippen LogP contribution in [0.2, 0.25) is 0 Å². The molecule has 0 bridgehead atoms. The standard InChI is InChI=1S/C16H21N3O/c1-14-4-2-3-5-15(14)6-7-16(20)19-12-10-18(9-8-17)11-13-19/h2-5H,6-7,9-13H2,1H3. The maximum absolute atomic E-state index is 12.2. The van der Waals surface area contributed by atoms with Crippen LogP contribution in [0.25, 0.3) is 0 Å². The molecule has 1 fully saturated rings. The van der Waals surface area contributed by atoms with E-state index in [2.05, 4.69) is 30.0 Å². The summed E-state index contributed by atoms with van der Waals surface area (Å²) < 4.78 is 0. The van der Waals surface area contributed by atoms with E-state index >= 15 is 0 Å². The number of hydrogen-bond acceptors (Lipinski definition) is 3. The van der Waals surface area contributed by atoms with E-state index in [4.69, 9.17) is 5.26 Å². The largest absolute Gasteiger partial charge is 0.340 e. The molecule has 1 aromatic rings. The van der Waals surface area contributed by atoms with Crippen LogP contribution in [0.4, 0.5) is 0 Å². The van der Waals surface area contributed by atoms with Crippen LogP contribution in [-0.2, 0) is 11.2 Å². The van der Waals surface area contributed by atoms with Crippen molar-refractivity contribution in [1.29, 1.82) is 5.26 Å². The number of rotatable bonds is 4. The van der Waals surface area contributed by atoms with Gasteiger partial charge in [0.2, 0.25) is 5.91 Å². The topological polar surface area (TPSA) is 47.3 Å². The van der Waals surface area contributed by atoms with Gasteiger partial charge < -0.3 is 4.90 Å². The second kappa shape index (κ2) is 7.06. The second-order valence-corrected chi connectivity index (χ2v) is 5.24. The summed E-state index contributed by atoms with van der Waals surface area (Å²) in [5.41, 5.74) is 2.50. The van der Waals surface area contributed by atoms with E-state index in [9.17, 15) is 4.79 Å². The zero-order valence-corrected chi connectivity index (χ0v) is 12.0. The number of nitriles is 1. The van der Waals surface area contributed by atoms with Gasteiger partial charge >= 0.3 is 0 Å². The van der Waals surface area contributed by atoms with Crippen molar-refractivity contribution in [2.24, 2.45) is 0 Å². The highest BCUT2D eigenvalue weighted by molar-refractivity contribution is 5.76. The maximum atomic E-state index is 12.2. The molecule has 0 radical (unpaired) electrons. The molecule has 1 heterocycles. The monoisotopic (exact) mass is 271 g/mol. The first kappa shape index (κ1) is 14.5. The Balaban J connectivity index is 1.79. The SMILES string of the molecule is Cc1ccccc1CCC(=O)N1CCN(CC#N)CC1. The minimum atomic E-state index is 0.227. The summed E-state index contributed by atoms with van der Waals surface area (Å²) in [4.78, 5) is 16.2. The van der Waals surface area contributed by atoms with Crippen molar-refractivity contribution in [1.82, 2.24) is 9.80 Å². The number of hydrogen-bond donors (Lipinski definition) is 0. The van der Waals surface area contributed by atoms with Gasteiger partial charge in [0.25, 0.3) is 0 Å². The molecule has 1 aromatic carbocycles. The molecular formula is C16H21N3O. The summed E-state index contributed by atoms with van der Waals surface area (Å²) >= 11 is 0. The van der Waals surface area contributed by atoms with E-state index in [0.29, 0.717) is 13.0 Å². The Bertz CT molecular complexity index is 499. The Morgan fingerprint density at radius 3 is 2.60 bits per heavy atom. The summed E-state index contributed by atoms with van der Waals surface area (Å²) in [5.74, 6) is 0.227. The molecule has 4 heteroatoms. The van der Waals surface area contributed by atoms with E-state index in [1.807, 2.05) is 17.0 Å². The van der Waals surface area contributed by atoms with Gasteiger partial charge in [-0.3, -0.25) is 9.69 Å². The minimum absolute atomic E-state index is 0.227. The van der Waals surface area contributed by atoms with Crippen LogP contribution >= 0.6 is 0 Å². The molecule has 0 unspecified atom stereocenters. The van der Waals surface area contributed by atoms with E-state index < -0.39 is 0 Å². The van der Waals surface area contributed by atoms with Gasteiger partial charge in [0, 0.05) is 32.6 Å². The Hall–Kier alpha value is -1.86. The fraction of sp³-hybridized carbons (Fsp3) is 0.500. The summed E-state index contributed by atoms with van der Waals surface area (Å²) in [5, 5.41) is 8.66. The van der Waals surface area contributed by atoms with Crippen molar-refractivity contribution in [3.8, 4) is 6.07 Å². The normalized spacial score (nSPS) is 15.9. The molecule has 4 nitrogen and oxygen atoms in total. The van der Waals surface area contributed by atoms with Crippen LogP contribution in [0.15, 0.2) is 24.3 Å². The molecule has 1 amide bonds. The Labute approximate surface area is 120 Å². The molecule has 106 valence electrons. The molecule has 0 aromatic heterocycles. The number of carbonyl (C=O) groups excluding carboxylic acids is 1. The first-order valence-electron chi connectivity index (χ1n) is 7.12. The summed E-state index contributed by atoms with van der Waals surface area (Å²) in [6, 6.07) is 10.4. The Kier molecular flexibility index (Phi) is 5.14. The van der Waals surface area contributed by atoms with E-state index in [0.717, 1.165) is 32.6 Å². The number of amides is 1. The van der Waals surface area contributed by atoms with E-state index in [1.165, 1.54) is 11.1 Å². The summed E-state index contributed by atoms with van der Waals surface area (Å²) in [7, 11) is 0. The third-order valence-corrected chi connectivity index (χ3v) is 3.89. The molecule has 0 saturated carbocycles. The van der Waals surface area contributed by atoms with Crippen LogP contribution in [0.1, 0.15) is 17.5 Å². The van der Waals surface area contributed by atoms with Crippen molar-refractivity contribution in [3.05, 3.63) is 35.4 Å². The van der Waals surface area contributed by atoms with Gasteiger partial charge in [-0.05, 0) is 24.5 Å². The zero-order chi connectivity index (χ0) is 14.4. The molecule has 1 aliphatic heterocycles. The highest BCUT2D eigenvalue weighted by Crippen LogP contribution is 2.11. The highest BCUT2D eigenvalue weighted by atomic mass is 16.2. The van der Waals surface area contributed by atoms with E-state index in [1.54, 1.807) is 0 Å².